The van der Waals surface area contributed by atoms with Gasteiger partial charge in [0.1, 0.15) is 5.54 Å². The Labute approximate surface area is 158 Å². The van der Waals surface area contributed by atoms with Gasteiger partial charge in [0.2, 0.25) is 0 Å². The number of carbonyl (C=O) groups excluding carboxylic acids is 2. The van der Waals surface area contributed by atoms with Gasteiger partial charge in [-0.1, -0.05) is 52.9 Å². The molecule has 0 aromatic heterocycles. The third-order valence-corrected chi connectivity index (χ3v) is 4.80. The number of hydrogen-bond acceptors (Lipinski definition) is 4. The Kier molecular flexibility index (Phi) is 10.1. The number of nitrogens with one attached hydrogen (secondary N) is 2. The number of guanidine groups is 1. The Morgan fingerprint density at radius 2 is 1.54 bits per heavy atom. The van der Waals surface area contributed by atoms with Crippen molar-refractivity contribution < 1.29 is 9.59 Å². The quantitative estimate of drug-likeness (QED) is 0.436. The second-order valence-corrected chi connectivity index (χ2v) is 7.06. The first kappa shape index (κ1) is 22.3. The Morgan fingerprint density at radius 3 is 2.08 bits per heavy atom. The molecule has 1 aliphatic heterocycles. The van der Waals surface area contributed by atoms with Gasteiger partial charge >= 0.3 is 6.03 Å². The van der Waals surface area contributed by atoms with Crippen molar-refractivity contribution in [2.24, 2.45) is 10.7 Å². The van der Waals surface area contributed by atoms with E-state index < -0.39 is 5.54 Å². The number of amides is 3. The van der Waals surface area contributed by atoms with Crippen molar-refractivity contribution in [2.45, 2.75) is 84.1 Å². The van der Waals surface area contributed by atoms with E-state index in [-0.39, 0.29) is 11.9 Å². The lowest BCUT2D eigenvalue weighted by Gasteiger charge is -2.26. The Hall–Kier alpha value is -1.79. The maximum absolute atomic E-state index is 13.0. The van der Waals surface area contributed by atoms with Crippen molar-refractivity contribution in [2.75, 3.05) is 19.6 Å². The van der Waals surface area contributed by atoms with E-state index in [1.54, 1.807) is 4.90 Å². The smallest absolute Gasteiger partial charge is 0.314 e. The predicted octanol–water partition coefficient (Wildman–Crippen LogP) is 2.75. The molecule has 0 fully saturated rings. The summed E-state index contributed by atoms with van der Waals surface area (Å²) in [5, 5.41) is 5.63. The van der Waals surface area contributed by atoms with Crippen molar-refractivity contribution in [3.05, 3.63) is 0 Å². The lowest BCUT2D eigenvalue weighted by Crippen LogP contribution is -2.45. The average Bonchev–Trinajstić information content (AvgIpc) is 2.86. The van der Waals surface area contributed by atoms with Crippen LogP contribution in [0.3, 0.4) is 0 Å². The van der Waals surface area contributed by atoms with Gasteiger partial charge in [0.25, 0.3) is 5.91 Å². The van der Waals surface area contributed by atoms with Crippen LogP contribution in [-0.4, -0.2) is 48.0 Å². The third kappa shape index (κ3) is 6.50. The largest absolute Gasteiger partial charge is 0.369 e. The summed E-state index contributed by atoms with van der Waals surface area (Å²) in [6, 6.07) is -0.159. The van der Waals surface area contributed by atoms with E-state index >= 15 is 0 Å². The van der Waals surface area contributed by atoms with Crippen LogP contribution < -0.4 is 16.4 Å². The van der Waals surface area contributed by atoms with Crippen LogP contribution in [0.2, 0.25) is 0 Å². The summed E-state index contributed by atoms with van der Waals surface area (Å²) >= 11 is 0. The van der Waals surface area contributed by atoms with E-state index in [1.165, 1.54) is 0 Å². The number of nitrogens with two attached hydrogens (primary N) is 1. The lowest BCUT2D eigenvalue weighted by atomic mass is 9.87. The van der Waals surface area contributed by atoms with Crippen molar-refractivity contribution in [3.63, 3.8) is 0 Å². The monoisotopic (exact) mass is 367 g/mol. The highest BCUT2D eigenvalue weighted by Gasteiger charge is 2.46. The standard InChI is InChI=1S/C19H37N5O2/c1-4-7-11-19(12-8-5-2)16(25)24(17(20)23-19)15-10-14-22-18(26)21-13-9-6-3/h4-15H2,1-3H3,(H2,20,23)(H2,21,22,26). The van der Waals surface area contributed by atoms with Gasteiger partial charge in [-0.15, -0.1) is 0 Å². The van der Waals surface area contributed by atoms with Gasteiger partial charge in [-0.3, -0.25) is 9.69 Å². The van der Waals surface area contributed by atoms with Gasteiger partial charge in [0.05, 0.1) is 0 Å². The summed E-state index contributed by atoms with van der Waals surface area (Å²) in [5.41, 5.74) is 5.40. The van der Waals surface area contributed by atoms with E-state index in [4.69, 9.17) is 5.73 Å². The minimum Gasteiger partial charge on any atom is -0.369 e. The fourth-order valence-electron chi connectivity index (χ4n) is 3.17. The molecule has 0 unspecified atom stereocenters. The molecule has 7 nitrogen and oxygen atoms in total. The first-order valence-corrected chi connectivity index (χ1v) is 10.2. The molecule has 0 bridgehead atoms. The average molecular weight is 368 g/mol. The maximum atomic E-state index is 13.0. The van der Waals surface area contributed by atoms with Crippen LogP contribution in [0.1, 0.15) is 78.6 Å². The molecule has 7 heteroatoms. The lowest BCUT2D eigenvalue weighted by molar-refractivity contribution is -0.131. The Morgan fingerprint density at radius 1 is 1.00 bits per heavy atom. The molecule has 150 valence electrons. The zero-order valence-electron chi connectivity index (χ0n) is 16.8. The molecule has 0 atom stereocenters. The number of urea groups is 1. The number of hydrogen-bond donors (Lipinski definition) is 3. The number of rotatable bonds is 13. The third-order valence-electron chi connectivity index (χ3n) is 4.80. The SMILES string of the molecule is CCCCNC(=O)NCCCN1C(=O)C(CCCC)(CCCC)N=C1N. The van der Waals surface area contributed by atoms with Crippen LogP contribution in [0.15, 0.2) is 4.99 Å². The molecule has 26 heavy (non-hydrogen) atoms. The molecule has 4 N–H and O–H groups in total. The minimum absolute atomic E-state index is 0.0318. The van der Waals surface area contributed by atoms with Crippen LogP contribution >= 0.6 is 0 Å². The number of unbranched alkanes of at least 4 members (excludes halogenated alkanes) is 3. The van der Waals surface area contributed by atoms with Crippen molar-refractivity contribution >= 4 is 17.9 Å². The molecule has 0 spiro atoms. The zero-order valence-corrected chi connectivity index (χ0v) is 16.8. The fourth-order valence-corrected chi connectivity index (χ4v) is 3.17. The van der Waals surface area contributed by atoms with E-state index in [2.05, 4.69) is 36.4 Å². The Balaban J connectivity index is 2.49. The predicted molar refractivity (Wildman–Crippen MR) is 106 cm³/mol. The number of carbonyl (C=O) groups is 2. The fraction of sp³-hybridized carbons (Fsp3) is 0.842. The second-order valence-electron chi connectivity index (χ2n) is 7.06. The van der Waals surface area contributed by atoms with Crippen LogP contribution in [0.5, 0.6) is 0 Å². The maximum Gasteiger partial charge on any atom is 0.314 e. The van der Waals surface area contributed by atoms with Gasteiger partial charge < -0.3 is 16.4 Å². The molecule has 0 saturated heterocycles. The second kappa shape index (κ2) is 11.8. The first-order valence-electron chi connectivity index (χ1n) is 10.2. The van der Waals surface area contributed by atoms with Gasteiger partial charge in [0, 0.05) is 19.6 Å². The van der Waals surface area contributed by atoms with Gasteiger partial charge in [-0.2, -0.15) is 0 Å². The minimum atomic E-state index is -0.666. The first-order chi connectivity index (χ1) is 12.5. The van der Waals surface area contributed by atoms with Gasteiger partial charge in [-0.25, -0.2) is 9.79 Å². The van der Waals surface area contributed by atoms with Crippen LogP contribution in [0.25, 0.3) is 0 Å². The van der Waals surface area contributed by atoms with E-state index in [0.29, 0.717) is 32.0 Å². The summed E-state index contributed by atoms with van der Waals surface area (Å²) in [7, 11) is 0. The highest BCUT2D eigenvalue weighted by molar-refractivity contribution is 6.06. The normalized spacial score (nSPS) is 15.9. The molecule has 1 rings (SSSR count). The molecular weight excluding hydrogens is 330 g/mol. The molecule has 1 heterocycles. The topological polar surface area (TPSA) is 99.8 Å². The van der Waals surface area contributed by atoms with Crippen molar-refractivity contribution in [1.29, 1.82) is 0 Å². The van der Waals surface area contributed by atoms with E-state index in [0.717, 1.165) is 51.4 Å². The molecular formula is C19H37N5O2. The van der Waals surface area contributed by atoms with Crippen LogP contribution in [0, 0.1) is 0 Å². The molecule has 1 aliphatic rings. The van der Waals surface area contributed by atoms with Crippen molar-refractivity contribution in [1.82, 2.24) is 15.5 Å². The summed E-state index contributed by atoms with van der Waals surface area (Å²) in [5.74, 6) is 0.360. The summed E-state index contributed by atoms with van der Waals surface area (Å²) in [6.07, 6.45) is 8.21. The molecule has 0 aliphatic carbocycles. The molecule has 0 aromatic carbocycles. The summed E-state index contributed by atoms with van der Waals surface area (Å²) < 4.78 is 0. The summed E-state index contributed by atoms with van der Waals surface area (Å²) in [4.78, 5) is 30.8. The van der Waals surface area contributed by atoms with Gasteiger partial charge in [0.15, 0.2) is 5.96 Å². The number of nitrogens with zero attached hydrogens (tertiary/aromatic N) is 2. The highest BCUT2D eigenvalue weighted by atomic mass is 16.2. The molecule has 3 amide bonds. The highest BCUT2D eigenvalue weighted by Crippen LogP contribution is 2.32. The van der Waals surface area contributed by atoms with Crippen LogP contribution in [-0.2, 0) is 4.79 Å². The number of aliphatic imine (C=N–C) groups is 1. The van der Waals surface area contributed by atoms with E-state index in [9.17, 15) is 9.59 Å². The van der Waals surface area contributed by atoms with E-state index in [1.807, 2.05) is 0 Å². The molecule has 0 radical (unpaired) electrons. The molecule has 0 saturated carbocycles. The summed E-state index contributed by atoms with van der Waals surface area (Å²) in [6.45, 7) is 8.00. The van der Waals surface area contributed by atoms with Gasteiger partial charge in [-0.05, 0) is 25.7 Å². The van der Waals surface area contributed by atoms with Crippen LogP contribution in [0.4, 0.5) is 4.79 Å². The Bertz CT molecular complexity index is 471. The molecule has 0 aromatic rings. The zero-order chi connectivity index (χ0) is 19.4. The van der Waals surface area contributed by atoms with Crippen molar-refractivity contribution in [3.8, 4) is 0 Å².